The summed E-state index contributed by atoms with van der Waals surface area (Å²) in [5, 5.41) is 8.81. The molecule has 2 aliphatic heterocycles. The van der Waals surface area contributed by atoms with Gasteiger partial charge >= 0.3 is 6.03 Å². The Kier molecular flexibility index (Phi) is 5.90. The van der Waals surface area contributed by atoms with Crippen LogP contribution in [-0.2, 0) is 16.0 Å². The molecule has 2 heterocycles. The van der Waals surface area contributed by atoms with Crippen LogP contribution in [0.3, 0.4) is 0 Å². The summed E-state index contributed by atoms with van der Waals surface area (Å²) in [7, 11) is 3.25. The van der Waals surface area contributed by atoms with Gasteiger partial charge in [0.1, 0.15) is 12.4 Å². The van der Waals surface area contributed by atoms with Gasteiger partial charge in [0.15, 0.2) is 0 Å². The van der Waals surface area contributed by atoms with E-state index in [1.165, 1.54) is 5.01 Å². The Morgan fingerprint density at radius 2 is 1.97 bits per heavy atom. The van der Waals surface area contributed by atoms with Crippen LogP contribution in [0.2, 0.25) is 0 Å². The van der Waals surface area contributed by atoms with Gasteiger partial charge in [-0.1, -0.05) is 12.1 Å². The molecule has 0 saturated carbocycles. The average Bonchev–Trinajstić information content (AvgIpc) is 2.98. The van der Waals surface area contributed by atoms with Gasteiger partial charge < -0.3 is 19.7 Å². The number of ether oxygens (including phenoxy) is 2. The number of nitrogens with zero attached hydrogens (tertiary/aromatic N) is 3. The van der Waals surface area contributed by atoms with E-state index in [1.54, 1.807) is 19.1 Å². The minimum Gasteiger partial charge on any atom is -0.496 e. The lowest BCUT2D eigenvalue weighted by atomic mass is 9.94. The van der Waals surface area contributed by atoms with Crippen molar-refractivity contribution in [1.82, 2.24) is 10.3 Å². The van der Waals surface area contributed by atoms with Crippen LogP contribution in [0, 0.1) is 6.92 Å². The molecule has 0 atom stereocenters. The number of rotatable bonds is 3. The van der Waals surface area contributed by atoms with E-state index in [9.17, 15) is 9.59 Å². The lowest BCUT2D eigenvalue weighted by molar-refractivity contribution is -0.125. The number of hydrogen-bond donors (Lipinski definition) is 1. The topological polar surface area (TPSA) is 83.5 Å². The van der Waals surface area contributed by atoms with Crippen LogP contribution < -0.4 is 15.0 Å². The van der Waals surface area contributed by atoms with Crippen LogP contribution in [0.1, 0.15) is 22.3 Å². The molecule has 0 bridgehead atoms. The summed E-state index contributed by atoms with van der Waals surface area (Å²) in [6, 6.07) is 11.5. The maximum atomic E-state index is 12.4. The fourth-order valence-corrected chi connectivity index (χ4v) is 3.91. The van der Waals surface area contributed by atoms with Crippen molar-refractivity contribution in [2.24, 2.45) is 5.10 Å². The Morgan fingerprint density at radius 3 is 2.65 bits per heavy atom. The van der Waals surface area contributed by atoms with Crippen LogP contribution in [0.4, 0.5) is 10.5 Å². The molecule has 0 radical (unpaired) electrons. The first-order valence-corrected chi connectivity index (χ1v) is 10.3. The molecule has 0 spiro atoms. The molecule has 2 aromatic carbocycles. The lowest BCUT2D eigenvalue weighted by Crippen LogP contribution is -2.41. The molecule has 2 aliphatic rings. The number of nitrogens with one attached hydrogen (secondary N) is 1. The molecule has 162 valence electrons. The van der Waals surface area contributed by atoms with Crippen LogP contribution in [0.5, 0.6) is 5.75 Å². The molecule has 4 rings (SSSR count). The lowest BCUT2D eigenvalue weighted by Gasteiger charge is -2.27. The molecule has 3 amide bonds. The summed E-state index contributed by atoms with van der Waals surface area (Å²) in [5.74, 6) is 0.761. The van der Waals surface area contributed by atoms with Gasteiger partial charge in [-0.2, -0.15) is 5.10 Å². The number of urea groups is 1. The summed E-state index contributed by atoms with van der Waals surface area (Å²) < 4.78 is 10.7. The Balaban J connectivity index is 1.76. The third-order valence-electron chi connectivity index (χ3n) is 5.58. The van der Waals surface area contributed by atoms with Gasteiger partial charge in [0.05, 0.1) is 26.0 Å². The van der Waals surface area contributed by atoms with E-state index >= 15 is 0 Å². The predicted molar refractivity (Wildman–Crippen MR) is 118 cm³/mol. The average molecular weight is 422 g/mol. The van der Waals surface area contributed by atoms with E-state index in [1.807, 2.05) is 37.3 Å². The third-order valence-corrected chi connectivity index (χ3v) is 5.58. The van der Waals surface area contributed by atoms with Gasteiger partial charge in [0.25, 0.3) is 5.91 Å². The maximum absolute atomic E-state index is 12.4. The highest BCUT2D eigenvalue weighted by molar-refractivity contribution is 6.14. The summed E-state index contributed by atoms with van der Waals surface area (Å²) in [6.45, 7) is 3.61. The zero-order chi connectivity index (χ0) is 22.0. The monoisotopic (exact) mass is 422 g/mol. The Labute approximate surface area is 181 Å². The largest absolute Gasteiger partial charge is 0.496 e. The molecule has 1 N–H and O–H groups in total. The van der Waals surface area contributed by atoms with Crippen LogP contribution in [0.15, 0.2) is 41.5 Å². The van der Waals surface area contributed by atoms with E-state index in [-0.39, 0.29) is 18.5 Å². The van der Waals surface area contributed by atoms with Gasteiger partial charge in [-0.05, 0) is 48.7 Å². The van der Waals surface area contributed by atoms with Crippen molar-refractivity contribution in [3.05, 3.63) is 58.7 Å². The number of methoxy groups -OCH3 is 1. The Morgan fingerprint density at radius 1 is 1.19 bits per heavy atom. The number of morpholine rings is 1. The smallest absolute Gasteiger partial charge is 0.337 e. The van der Waals surface area contributed by atoms with Gasteiger partial charge in [0.2, 0.25) is 0 Å². The summed E-state index contributed by atoms with van der Waals surface area (Å²) in [5.41, 5.74) is 5.44. The second-order valence-electron chi connectivity index (χ2n) is 7.50. The molecule has 0 unspecified atom stereocenters. The molecule has 8 nitrogen and oxygen atoms in total. The first-order chi connectivity index (χ1) is 15.0. The van der Waals surface area contributed by atoms with Gasteiger partial charge in [-0.25, -0.2) is 9.80 Å². The Bertz CT molecular complexity index is 1030. The van der Waals surface area contributed by atoms with Crippen molar-refractivity contribution in [3.63, 3.8) is 0 Å². The number of fused-ring (bicyclic) bond motifs is 1. The minimum atomic E-state index is -0.260. The molecule has 0 aromatic heterocycles. The highest BCUT2D eigenvalue weighted by Crippen LogP contribution is 2.29. The zero-order valence-electron chi connectivity index (χ0n) is 18.0. The SMILES string of the molecule is CNC(=O)N1CCc2cc(OC)c(C)cc2C(c2ccc(N3CCOCC3=O)cc2)=N1. The van der Waals surface area contributed by atoms with E-state index < -0.39 is 0 Å². The standard InChI is InChI=1S/C23H26N4O4/c1-15-12-19-17(13-20(15)30-3)8-9-27(23(29)24-2)25-22(19)16-4-6-18(7-5-16)26-10-11-31-14-21(26)28/h4-7,12-13H,8-11,14H2,1-3H3,(H,24,29). The van der Waals surface area contributed by atoms with Crippen molar-refractivity contribution >= 4 is 23.3 Å². The first kappa shape index (κ1) is 20.9. The molecule has 1 saturated heterocycles. The summed E-state index contributed by atoms with van der Waals surface area (Å²) in [6.07, 6.45) is 0.659. The fourth-order valence-electron chi connectivity index (χ4n) is 3.91. The molecule has 0 aliphatic carbocycles. The highest BCUT2D eigenvalue weighted by atomic mass is 16.5. The quantitative estimate of drug-likeness (QED) is 0.823. The first-order valence-electron chi connectivity index (χ1n) is 10.3. The molecule has 1 fully saturated rings. The maximum Gasteiger partial charge on any atom is 0.337 e. The van der Waals surface area contributed by atoms with Crippen LogP contribution in [-0.4, -0.2) is 63.1 Å². The van der Waals surface area contributed by atoms with Crippen molar-refractivity contribution < 1.29 is 19.1 Å². The van der Waals surface area contributed by atoms with Crippen molar-refractivity contribution in [1.29, 1.82) is 0 Å². The van der Waals surface area contributed by atoms with Crippen molar-refractivity contribution in [2.45, 2.75) is 13.3 Å². The normalized spacial score (nSPS) is 16.4. The molecule has 8 heteroatoms. The van der Waals surface area contributed by atoms with Gasteiger partial charge in [-0.3, -0.25) is 4.79 Å². The minimum absolute atomic E-state index is 0.0512. The predicted octanol–water partition coefficient (Wildman–Crippen LogP) is 2.32. The second-order valence-corrected chi connectivity index (χ2v) is 7.50. The van der Waals surface area contributed by atoms with E-state index in [0.717, 1.165) is 33.7 Å². The number of hydrogen-bond acceptors (Lipinski definition) is 5. The van der Waals surface area contributed by atoms with Crippen molar-refractivity contribution in [2.75, 3.05) is 45.4 Å². The number of carbonyl (C=O) groups is 2. The number of carbonyl (C=O) groups excluding carboxylic acids is 2. The summed E-state index contributed by atoms with van der Waals surface area (Å²) >= 11 is 0. The van der Waals surface area contributed by atoms with E-state index in [0.29, 0.717) is 31.8 Å². The highest BCUT2D eigenvalue weighted by Gasteiger charge is 2.24. The van der Waals surface area contributed by atoms with E-state index in [4.69, 9.17) is 14.6 Å². The zero-order valence-corrected chi connectivity index (χ0v) is 18.0. The molecular weight excluding hydrogens is 396 g/mol. The van der Waals surface area contributed by atoms with E-state index in [2.05, 4.69) is 11.4 Å². The Hall–Kier alpha value is -3.39. The second kappa shape index (κ2) is 8.77. The van der Waals surface area contributed by atoms with Crippen LogP contribution >= 0.6 is 0 Å². The fraction of sp³-hybridized carbons (Fsp3) is 0.348. The number of hydrazone groups is 1. The summed E-state index contributed by atoms with van der Waals surface area (Å²) in [4.78, 5) is 26.2. The third kappa shape index (κ3) is 4.11. The number of amides is 3. The van der Waals surface area contributed by atoms with Gasteiger partial charge in [0, 0.05) is 30.4 Å². The van der Waals surface area contributed by atoms with Gasteiger partial charge in [-0.15, -0.1) is 0 Å². The number of anilines is 1. The number of benzene rings is 2. The molecule has 2 aromatic rings. The van der Waals surface area contributed by atoms with Crippen molar-refractivity contribution in [3.8, 4) is 5.75 Å². The molecule has 31 heavy (non-hydrogen) atoms. The number of aryl methyl sites for hydroxylation is 1. The van der Waals surface area contributed by atoms with Crippen LogP contribution in [0.25, 0.3) is 0 Å². The molecular formula is C23H26N4O4.